The minimum Gasteiger partial charge on any atom is -0.350 e. The highest BCUT2D eigenvalue weighted by Crippen LogP contribution is 2.28. The zero-order valence-corrected chi connectivity index (χ0v) is 21.2. The molecule has 172 valence electrons. The Labute approximate surface area is 210 Å². The third kappa shape index (κ3) is 8.14. The van der Waals surface area contributed by atoms with E-state index in [1.807, 2.05) is 91.0 Å². The summed E-state index contributed by atoms with van der Waals surface area (Å²) in [5.74, 6) is 0.0402. The molecule has 0 bridgehead atoms. The quantitative estimate of drug-likeness (QED) is 0.275. The molecular weight excluding hydrogens is 465 g/mol. The first-order chi connectivity index (χ1) is 16.1. The maximum Gasteiger partial charge on any atom is 0.0800 e. The van der Waals surface area contributed by atoms with Gasteiger partial charge < -0.3 is 10.6 Å². The molecule has 0 amide bonds. The maximum atomic E-state index is 13.6. The second-order valence-electron chi connectivity index (χ2n) is 7.93. The topological polar surface area (TPSA) is 41.1 Å². The predicted molar refractivity (Wildman–Crippen MR) is 150 cm³/mol. The average molecular weight is 495 g/mol. The largest absolute Gasteiger partial charge is 0.350 e. The van der Waals surface area contributed by atoms with Gasteiger partial charge in [0.2, 0.25) is 0 Å². The smallest absolute Gasteiger partial charge is 0.0800 e. The molecule has 3 aromatic rings. The van der Waals surface area contributed by atoms with Gasteiger partial charge in [0.25, 0.3) is 0 Å². The number of anilines is 2. The molecule has 3 rings (SSSR count). The van der Waals surface area contributed by atoms with E-state index in [4.69, 9.17) is 24.4 Å². The fourth-order valence-corrected chi connectivity index (χ4v) is 6.24. The molecule has 0 aliphatic heterocycles. The molecular formula is C27H30N2OS3. The summed E-state index contributed by atoms with van der Waals surface area (Å²) in [6.07, 6.45) is 3.01. The molecule has 0 heterocycles. The summed E-state index contributed by atoms with van der Waals surface area (Å²) in [5.41, 5.74) is 1.92. The fraction of sp³-hybridized carbons (Fsp3) is 0.259. The van der Waals surface area contributed by atoms with Crippen LogP contribution in [0.2, 0.25) is 0 Å². The maximum absolute atomic E-state index is 13.6. The monoisotopic (exact) mass is 494 g/mol. The Kier molecular flexibility index (Phi) is 10.2. The first kappa shape index (κ1) is 25.2. The Morgan fingerprint density at radius 2 is 1.18 bits per heavy atom. The third-order valence-corrected chi connectivity index (χ3v) is 7.80. The van der Waals surface area contributed by atoms with Gasteiger partial charge in [0.15, 0.2) is 0 Å². The van der Waals surface area contributed by atoms with Crippen LogP contribution in [0.5, 0.6) is 0 Å². The van der Waals surface area contributed by atoms with Crippen LogP contribution in [-0.4, -0.2) is 19.4 Å². The Hall–Kier alpha value is -2.41. The van der Waals surface area contributed by atoms with Crippen LogP contribution < -0.4 is 10.6 Å². The number of rotatable bonds is 11. The lowest BCUT2D eigenvalue weighted by atomic mass is 9.94. The van der Waals surface area contributed by atoms with Crippen LogP contribution >= 0.6 is 24.4 Å². The summed E-state index contributed by atoms with van der Waals surface area (Å²) in [6.45, 7) is 2.13. The molecule has 2 atom stereocenters. The number of thiocarbonyl (C=S) groups is 2. The van der Waals surface area contributed by atoms with Gasteiger partial charge in [-0.15, -0.1) is 0 Å². The number of benzene rings is 3. The highest BCUT2D eigenvalue weighted by atomic mass is 32.2. The van der Waals surface area contributed by atoms with Gasteiger partial charge >= 0.3 is 0 Å². The molecule has 3 aromatic carbocycles. The molecule has 0 radical (unpaired) electrons. The van der Waals surface area contributed by atoms with Crippen LogP contribution in [0.4, 0.5) is 11.4 Å². The summed E-state index contributed by atoms with van der Waals surface area (Å²) in [4.78, 5) is 2.32. The van der Waals surface area contributed by atoms with Gasteiger partial charge in [-0.25, -0.2) is 0 Å². The van der Waals surface area contributed by atoms with Gasteiger partial charge in [0, 0.05) is 34.4 Å². The van der Waals surface area contributed by atoms with Crippen LogP contribution in [-0.2, 0) is 10.8 Å². The van der Waals surface area contributed by atoms with Crippen molar-refractivity contribution >= 4 is 56.6 Å². The highest BCUT2D eigenvalue weighted by molar-refractivity contribution is 7.85. The SMILES string of the molecule is CCCC(C(CC(=S)Nc1ccccc1)CC(=S)Nc1ccccc1)S(=O)c1ccccc1. The predicted octanol–water partition coefficient (Wildman–Crippen LogP) is 7.24. The van der Waals surface area contributed by atoms with Gasteiger partial charge in [-0.2, -0.15) is 0 Å². The first-order valence-corrected chi connectivity index (χ1v) is 13.2. The standard InChI is InChI=1S/C27H30N2OS3/c1-2-12-25(33(30)24-17-10-5-11-18-24)21(19-26(31)28-22-13-6-3-7-14-22)20-27(32)29-23-15-8-4-9-16-23/h3-11,13-18,21,25H,2,12,19-20H2,1H3,(H,28,31)(H,29,32). The van der Waals surface area contributed by atoms with Gasteiger partial charge in [0.1, 0.15) is 0 Å². The lowest BCUT2D eigenvalue weighted by molar-refractivity contribution is 0.500. The van der Waals surface area contributed by atoms with E-state index >= 15 is 0 Å². The molecule has 0 saturated carbocycles. The lowest BCUT2D eigenvalue weighted by Crippen LogP contribution is -2.32. The fourth-order valence-electron chi connectivity index (χ4n) is 3.81. The molecule has 0 aliphatic rings. The molecule has 2 unspecified atom stereocenters. The van der Waals surface area contributed by atoms with Crippen molar-refractivity contribution in [2.24, 2.45) is 5.92 Å². The number of para-hydroxylation sites is 2. The second kappa shape index (κ2) is 13.3. The zero-order valence-electron chi connectivity index (χ0n) is 18.8. The van der Waals surface area contributed by atoms with E-state index in [0.717, 1.165) is 39.1 Å². The van der Waals surface area contributed by atoms with Crippen LogP contribution in [0.25, 0.3) is 0 Å². The summed E-state index contributed by atoms with van der Waals surface area (Å²) >= 11 is 11.5. The van der Waals surface area contributed by atoms with Crippen molar-refractivity contribution < 1.29 is 4.21 Å². The van der Waals surface area contributed by atoms with E-state index in [9.17, 15) is 4.21 Å². The molecule has 2 N–H and O–H groups in total. The van der Waals surface area contributed by atoms with Crippen molar-refractivity contribution in [3.8, 4) is 0 Å². The first-order valence-electron chi connectivity index (χ1n) is 11.2. The Balaban J connectivity index is 1.80. The molecule has 0 aliphatic carbocycles. The van der Waals surface area contributed by atoms with Crippen molar-refractivity contribution in [2.75, 3.05) is 10.6 Å². The van der Waals surface area contributed by atoms with Crippen LogP contribution in [0.3, 0.4) is 0 Å². The number of hydrogen-bond donors (Lipinski definition) is 2. The second-order valence-corrected chi connectivity index (χ2v) is 10.6. The van der Waals surface area contributed by atoms with E-state index in [1.54, 1.807) is 0 Å². The Morgan fingerprint density at radius 1 is 0.758 bits per heavy atom. The summed E-state index contributed by atoms with van der Waals surface area (Å²) in [6, 6.07) is 29.6. The Bertz CT molecular complexity index is 987. The van der Waals surface area contributed by atoms with Crippen LogP contribution in [0, 0.1) is 5.92 Å². The molecule has 0 aromatic heterocycles. The van der Waals surface area contributed by atoms with Crippen molar-refractivity contribution in [1.82, 2.24) is 0 Å². The van der Waals surface area contributed by atoms with Crippen molar-refractivity contribution in [1.29, 1.82) is 0 Å². The van der Waals surface area contributed by atoms with Crippen molar-refractivity contribution in [2.45, 2.75) is 42.8 Å². The van der Waals surface area contributed by atoms with Gasteiger partial charge in [-0.1, -0.05) is 92.4 Å². The summed E-state index contributed by atoms with van der Waals surface area (Å²) in [7, 11) is -1.15. The molecule has 0 fully saturated rings. The van der Waals surface area contributed by atoms with Crippen molar-refractivity contribution in [3.05, 3.63) is 91.0 Å². The zero-order chi connectivity index (χ0) is 23.5. The van der Waals surface area contributed by atoms with Crippen LogP contribution in [0.1, 0.15) is 32.6 Å². The summed E-state index contributed by atoms with van der Waals surface area (Å²) < 4.78 is 13.6. The van der Waals surface area contributed by atoms with Gasteiger partial charge in [-0.3, -0.25) is 4.21 Å². The minimum absolute atomic E-state index is 0.0402. The van der Waals surface area contributed by atoms with Crippen LogP contribution in [0.15, 0.2) is 95.9 Å². The number of hydrogen-bond acceptors (Lipinski definition) is 3. The minimum atomic E-state index is -1.15. The average Bonchev–Trinajstić information content (AvgIpc) is 2.83. The summed E-state index contributed by atoms with van der Waals surface area (Å²) in [5, 5.41) is 6.63. The highest BCUT2D eigenvalue weighted by Gasteiger charge is 2.29. The lowest BCUT2D eigenvalue weighted by Gasteiger charge is -2.28. The molecule has 6 heteroatoms. The molecule has 3 nitrogen and oxygen atoms in total. The van der Waals surface area contributed by atoms with E-state index in [1.165, 1.54) is 0 Å². The Morgan fingerprint density at radius 3 is 1.61 bits per heavy atom. The van der Waals surface area contributed by atoms with E-state index in [0.29, 0.717) is 12.8 Å². The van der Waals surface area contributed by atoms with Crippen molar-refractivity contribution in [3.63, 3.8) is 0 Å². The third-order valence-electron chi connectivity index (χ3n) is 5.36. The molecule has 0 spiro atoms. The van der Waals surface area contributed by atoms with Gasteiger partial charge in [0.05, 0.1) is 20.8 Å². The van der Waals surface area contributed by atoms with E-state index < -0.39 is 10.8 Å². The van der Waals surface area contributed by atoms with Gasteiger partial charge in [-0.05, 0) is 48.7 Å². The molecule has 33 heavy (non-hydrogen) atoms. The van der Waals surface area contributed by atoms with E-state index in [2.05, 4.69) is 17.6 Å². The normalized spacial score (nSPS) is 12.7. The molecule has 0 saturated heterocycles. The van der Waals surface area contributed by atoms with E-state index in [-0.39, 0.29) is 11.2 Å². The number of nitrogens with one attached hydrogen (secondary N) is 2.